The van der Waals surface area contributed by atoms with E-state index in [2.05, 4.69) is 5.10 Å². The summed E-state index contributed by atoms with van der Waals surface area (Å²) in [6, 6.07) is 9.38. The average Bonchev–Trinajstić information content (AvgIpc) is 2.88. The van der Waals surface area contributed by atoms with Crippen molar-refractivity contribution in [3.8, 4) is 5.75 Å². The fourth-order valence-corrected chi connectivity index (χ4v) is 2.48. The van der Waals surface area contributed by atoms with Crippen LogP contribution in [0, 0.1) is 0 Å². The van der Waals surface area contributed by atoms with Crippen LogP contribution >= 0.6 is 0 Å². The molecule has 0 radical (unpaired) electrons. The first-order valence-corrected chi connectivity index (χ1v) is 7.01. The number of hydrogen-bond acceptors (Lipinski definition) is 4. The van der Waals surface area contributed by atoms with Crippen LogP contribution in [0.3, 0.4) is 0 Å². The Morgan fingerprint density at radius 1 is 1.29 bits per heavy atom. The Balaban J connectivity index is 1.70. The van der Waals surface area contributed by atoms with Crippen LogP contribution in [-0.4, -0.2) is 28.3 Å². The molecule has 2 aromatic rings. The van der Waals surface area contributed by atoms with Gasteiger partial charge in [0.05, 0.1) is 5.69 Å². The van der Waals surface area contributed by atoms with Crippen molar-refractivity contribution in [2.24, 2.45) is 0 Å². The molecule has 2 N–H and O–H groups in total. The number of carbonyl (C=O) groups is 1. The standard InChI is InChI=1S/C15H18N4O2/c1-11-15(20)19(12-5-2-3-6-13(12)21-11)9-4-8-18-10-7-14(16)17-18/h2-3,5-7,10-11H,4,8-9H2,1H3,(H2,16,17). The fourth-order valence-electron chi connectivity index (χ4n) is 2.48. The monoisotopic (exact) mass is 286 g/mol. The summed E-state index contributed by atoms with van der Waals surface area (Å²) in [4.78, 5) is 14.1. The summed E-state index contributed by atoms with van der Waals surface area (Å²) in [5, 5.41) is 4.14. The van der Waals surface area contributed by atoms with Gasteiger partial charge in [0.1, 0.15) is 11.6 Å². The number of amides is 1. The molecule has 1 aliphatic rings. The Morgan fingerprint density at radius 3 is 2.86 bits per heavy atom. The molecule has 2 heterocycles. The van der Waals surface area contributed by atoms with E-state index in [0.717, 1.165) is 24.4 Å². The first-order valence-electron chi connectivity index (χ1n) is 7.01. The van der Waals surface area contributed by atoms with Crippen LogP contribution in [-0.2, 0) is 11.3 Å². The Labute approximate surface area is 123 Å². The number of nitrogens with two attached hydrogens (primary N) is 1. The molecule has 3 rings (SSSR count). The number of carbonyl (C=O) groups excluding carboxylic acids is 1. The lowest BCUT2D eigenvalue weighted by Gasteiger charge is -2.33. The van der Waals surface area contributed by atoms with Gasteiger partial charge in [-0.15, -0.1) is 0 Å². The minimum atomic E-state index is -0.444. The maximum absolute atomic E-state index is 12.3. The second-order valence-corrected chi connectivity index (χ2v) is 5.07. The van der Waals surface area contributed by atoms with Crippen molar-refractivity contribution in [3.63, 3.8) is 0 Å². The number of benzene rings is 1. The molecular formula is C15H18N4O2. The number of fused-ring (bicyclic) bond motifs is 1. The number of anilines is 2. The first-order chi connectivity index (χ1) is 10.1. The number of aromatic nitrogens is 2. The van der Waals surface area contributed by atoms with Crippen LogP contribution in [0.5, 0.6) is 5.75 Å². The number of aryl methyl sites for hydroxylation is 1. The molecule has 0 spiro atoms. The van der Waals surface area contributed by atoms with Gasteiger partial charge in [-0.25, -0.2) is 0 Å². The molecule has 0 fully saturated rings. The predicted octanol–water partition coefficient (Wildman–Crippen LogP) is 1.67. The van der Waals surface area contributed by atoms with Crippen LogP contribution in [0.25, 0.3) is 0 Å². The lowest BCUT2D eigenvalue weighted by atomic mass is 10.2. The van der Waals surface area contributed by atoms with Gasteiger partial charge >= 0.3 is 0 Å². The molecule has 0 saturated carbocycles. The summed E-state index contributed by atoms with van der Waals surface area (Å²) in [7, 11) is 0. The minimum absolute atomic E-state index is 0.00585. The summed E-state index contributed by atoms with van der Waals surface area (Å²) in [6.07, 6.45) is 2.20. The SMILES string of the molecule is CC1Oc2ccccc2N(CCCn2ccc(N)n2)C1=O. The Bertz CT molecular complexity index is 653. The molecule has 1 atom stereocenters. The van der Waals surface area contributed by atoms with Gasteiger partial charge in [0.2, 0.25) is 0 Å². The van der Waals surface area contributed by atoms with Crippen LogP contribution in [0.1, 0.15) is 13.3 Å². The third-order valence-corrected chi connectivity index (χ3v) is 3.50. The maximum Gasteiger partial charge on any atom is 0.267 e. The molecular weight excluding hydrogens is 268 g/mol. The largest absolute Gasteiger partial charge is 0.479 e. The zero-order valence-electron chi connectivity index (χ0n) is 11.9. The summed E-state index contributed by atoms with van der Waals surface area (Å²) >= 11 is 0. The van der Waals surface area contributed by atoms with E-state index in [4.69, 9.17) is 10.5 Å². The molecule has 110 valence electrons. The quantitative estimate of drug-likeness (QED) is 0.928. The van der Waals surface area contributed by atoms with E-state index in [1.54, 1.807) is 22.6 Å². The molecule has 1 aromatic heterocycles. The Kier molecular flexibility index (Phi) is 3.51. The Hall–Kier alpha value is -2.50. The second kappa shape index (κ2) is 5.47. The molecule has 21 heavy (non-hydrogen) atoms. The van der Waals surface area contributed by atoms with Gasteiger partial charge in [-0.05, 0) is 31.5 Å². The topological polar surface area (TPSA) is 73.4 Å². The van der Waals surface area contributed by atoms with Crippen molar-refractivity contribution in [2.45, 2.75) is 26.0 Å². The first kappa shape index (κ1) is 13.5. The number of nitrogen functional groups attached to an aromatic ring is 1. The molecule has 6 heteroatoms. The Morgan fingerprint density at radius 2 is 2.10 bits per heavy atom. The fraction of sp³-hybridized carbons (Fsp3) is 0.333. The number of hydrogen-bond donors (Lipinski definition) is 1. The molecule has 0 saturated heterocycles. The van der Waals surface area contributed by atoms with Crippen molar-refractivity contribution >= 4 is 17.4 Å². The number of nitrogens with zero attached hydrogens (tertiary/aromatic N) is 3. The van der Waals surface area contributed by atoms with Crippen molar-refractivity contribution in [1.82, 2.24) is 9.78 Å². The average molecular weight is 286 g/mol. The van der Waals surface area contributed by atoms with E-state index >= 15 is 0 Å². The van der Waals surface area contributed by atoms with E-state index in [-0.39, 0.29) is 5.91 Å². The molecule has 1 aliphatic heterocycles. The maximum atomic E-state index is 12.3. The number of ether oxygens (including phenoxy) is 1. The van der Waals surface area contributed by atoms with Crippen molar-refractivity contribution in [3.05, 3.63) is 36.5 Å². The molecule has 0 aliphatic carbocycles. The van der Waals surface area contributed by atoms with Crippen LogP contribution in [0.4, 0.5) is 11.5 Å². The van der Waals surface area contributed by atoms with Gasteiger partial charge < -0.3 is 15.4 Å². The van der Waals surface area contributed by atoms with E-state index in [9.17, 15) is 4.79 Å². The lowest BCUT2D eigenvalue weighted by Crippen LogP contribution is -2.45. The van der Waals surface area contributed by atoms with Gasteiger partial charge in [-0.2, -0.15) is 5.10 Å². The van der Waals surface area contributed by atoms with Gasteiger partial charge in [0, 0.05) is 19.3 Å². The predicted molar refractivity (Wildman–Crippen MR) is 80.1 cm³/mol. The third-order valence-electron chi connectivity index (χ3n) is 3.50. The van der Waals surface area contributed by atoms with E-state index in [0.29, 0.717) is 12.4 Å². The van der Waals surface area contributed by atoms with E-state index in [1.807, 2.05) is 30.5 Å². The molecule has 6 nitrogen and oxygen atoms in total. The minimum Gasteiger partial charge on any atom is -0.479 e. The summed E-state index contributed by atoms with van der Waals surface area (Å²) in [6.45, 7) is 3.13. The summed E-state index contributed by atoms with van der Waals surface area (Å²) in [5.41, 5.74) is 6.42. The zero-order chi connectivity index (χ0) is 14.8. The second-order valence-electron chi connectivity index (χ2n) is 5.07. The highest BCUT2D eigenvalue weighted by atomic mass is 16.5. The van der Waals surface area contributed by atoms with Gasteiger partial charge in [0.25, 0.3) is 5.91 Å². The van der Waals surface area contributed by atoms with E-state index < -0.39 is 6.10 Å². The number of para-hydroxylation sites is 2. The molecule has 1 aromatic carbocycles. The highest BCUT2D eigenvalue weighted by Gasteiger charge is 2.30. The van der Waals surface area contributed by atoms with Gasteiger partial charge in [-0.1, -0.05) is 12.1 Å². The number of rotatable bonds is 4. The molecule has 1 unspecified atom stereocenters. The summed E-state index contributed by atoms with van der Waals surface area (Å²) in [5.74, 6) is 1.26. The van der Waals surface area contributed by atoms with E-state index in [1.165, 1.54) is 0 Å². The smallest absolute Gasteiger partial charge is 0.267 e. The third kappa shape index (κ3) is 2.69. The highest BCUT2D eigenvalue weighted by molar-refractivity contribution is 5.99. The van der Waals surface area contributed by atoms with Crippen LogP contribution < -0.4 is 15.4 Å². The van der Waals surface area contributed by atoms with Gasteiger partial charge in [0.15, 0.2) is 6.10 Å². The zero-order valence-corrected chi connectivity index (χ0v) is 11.9. The van der Waals surface area contributed by atoms with Crippen LogP contribution in [0.2, 0.25) is 0 Å². The highest BCUT2D eigenvalue weighted by Crippen LogP contribution is 2.33. The molecule has 1 amide bonds. The molecule has 0 bridgehead atoms. The van der Waals surface area contributed by atoms with Crippen molar-refractivity contribution < 1.29 is 9.53 Å². The normalized spacial score (nSPS) is 17.5. The van der Waals surface area contributed by atoms with Crippen LogP contribution in [0.15, 0.2) is 36.5 Å². The lowest BCUT2D eigenvalue weighted by molar-refractivity contribution is -0.125. The summed E-state index contributed by atoms with van der Waals surface area (Å²) < 4.78 is 7.40. The van der Waals surface area contributed by atoms with Gasteiger partial charge in [-0.3, -0.25) is 9.48 Å². The van der Waals surface area contributed by atoms with Crippen molar-refractivity contribution in [2.75, 3.05) is 17.2 Å². The van der Waals surface area contributed by atoms with Crippen molar-refractivity contribution in [1.29, 1.82) is 0 Å².